The van der Waals surface area contributed by atoms with Crippen LogP contribution in [0.1, 0.15) is 35.9 Å². The molecule has 1 fully saturated rings. The zero-order chi connectivity index (χ0) is 24.7. The van der Waals surface area contributed by atoms with Gasteiger partial charge in [0.25, 0.3) is 5.91 Å². The van der Waals surface area contributed by atoms with Crippen molar-refractivity contribution < 1.29 is 27.9 Å². The smallest absolute Gasteiger partial charge is 0.251 e. The van der Waals surface area contributed by atoms with Crippen molar-refractivity contribution in [1.29, 1.82) is 0 Å². The SMILES string of the molecule is CC(C)[C@H](NC(=O)c1cccc(S(=O)(=O)N2CCOCC2)c1)C(=O)NCC(O)c1ccccc1. The summed E-state index contributed by atoms with van der Waals surface area (Å²) >= 11 is 0. The van der Waals surface area contributed by atoms with Crippen LogP contribution in [0.15, 0.2) is 59.5 Å². The van der Waals surface area contributed by atoms with Crippen LogP contribution in [0, 0.1) is 5.92 Å². The second kappa shape index (κ2) is 11.6. The van der Waals surface area contributed by atoms with E-state index in [1.807, 2.05) is 6.07 Å². The first-order chi connectivity index (χ1) is 16.2. The standard InChI is InChI=1S/C24H31N3O6S/c1-17(2)22(24(30)25-16-21(28)18-7-4-3-5-8-18)26-23(29)19-9-6-10-20(15-19)34(31,32)27-11-13-33-14-12-27/h3-10,15,17,21-22,28H,11-14,16H2,1-2H3,(H,25,30)(H,26,29)/t21?,22-/m0/s1. The van der Waals surface area contributed by atoms with E-state index in [9.17, 15) is 23.1 Å². The molecular formula is C24H31N3O6S. The number of benzene rings is 2. The molecule has 1 saturated heterocycles. The second-order valence-electron chi connectivity index (χ2n) is 8.41. The second-order valence-corrected chi connectivity index (χ2v) is 10.3. The third-order valence-corrected chi connectivity index (χ3v) is 7.49. The zero-order valence-corrected chi connectivity index (χ0v) is 20.1. The summed E-state index contributed by atoms with van der Waals surface area (Å²) in [7, 11) is -3.76. The highest BCUT2D eigenvalue weighted by atomic mass is 32.2. The molecule has 0 aromatic heterocycles. The van der Waals surface area contributed by atoms with E-state index in [4.69, 9.17) is 4.74 Å². The van der Waals surface area contributed by atoms with Gasteiger partial charge in [-0.05, 0) is 29.7 Å². The van der Waals surface area contributed by atoms with Crippen molar-refractivity contribution in [1.82, 2.24) is 14.9 Å². The number of nitrogens with zero attached hydrogens (tertiary/aromatic N) is 1. The first kappa shape index (κ1) is 25.8. The van der Waals surface area contributed by atoms with Crippen LogP contribution < -0.4 is 10.6 Å². The number of carbonyl (C=O) groups is 2. The number of hydrogen-bond acceptors (Lipinski definition) is 6. The van der Waals surface area contributed by atoms with Crippen molar-refractivity contribution in [2.75, 3.05) is 32.8 Å². The Kier molecular flexibility index (Phi) is 8.78. The minimum absolute atomic E-state index is 0.00475. The Morgan fingerprint density at radius 2 is 1.74 bits per heavy atom. The van der Waals surface area contributed by atoms with Crippen LogP contribution in [-0.2, 0) is 19.6 Å². The fraction of sp³-hybridized carbons (Fsp3) is 0.417. The van der Waals surface area contributed by atoms with Gasteiger partial charge in [-0.1, -0.05) is 50.2 Å². The minimum Gasteiger partial charge on any atom is -0.387 e. The van der Waals surface area contributed by atoms with Crippen LogP contribution in [0.5, 0.6) is 0 Å². The number of amides is 2. The Morgan fingerprint density at radius 3 is 2.38 bits per heavy atom. The van der Waals surface area contributed by atoms with Gasteiger partial charge >= 0.3 is 0 Å². The van der Waals surface area contributed by atoms with Gasteiger partial charge in [0.1, 0.15) is 6.04 Å². The summed E-state index contributed by atoms with van der Waals surface area (Å²) in [6.45, 7) is 4.73. The first-order valence-electron chi connectivity index (χ1n) is 11.2. The van der Waals surface area contributed by atoms with Crippen LogP contribution in [-0.4, -0.2) is 68.5 Å². The molecule has 3 rings (SSSR count). The Hall–Kier alpha value is -2.79. The van der Waals surface area contributed by atoms with Crippen molar-refractivity contribution in [3.8, 4) is 0 Å². The highest BCUT2D eigenvalue weighted by Crippen LogP contribution is 2.19. The van der Waals surface area contributed by atoms with E-state index in [1.54, 1.807) is 38.1 Å². The lowest BCUT2D eigenvalue weighted by Crippen LogP contribution is -2.50. The summed E-state index contributed by atoms with van der Waals surface area (Å²) in [4.78, 5) is 25.7. The lowest BCUT2D eigenvalue weighted by Gasteiger charge is -2.26. The van der Waals surface area contributed by atoms with Gasteiger partial charge in [0.2, 0.25) is 15.9 Å². The number of aliphatic hydroxyl groups is 1. The number of morpholine rings is 1. The van der Waals surface area contributed by atoms with Gasteiger partial charge in [0, 0.05) is 25.2 Å². The van der Waals surface area contributed by atoms with Crippen LogP contribution in [0.4, 0.5) is 0 Å². The number of aliphatic hydroxyl groups excluding tert-OH is 1. The molecule has 9 nitrogen and oxygen atoms in total. The highest BCUT2D eigenvalue weighted by Gasteiger charge is 2.28. The third-order valence-electron chi connectivity index (χ3n) is 5.59. The fourth-order valence-electron chi connectivity index (χ4n) is 3.59. The molecule has 0 radical (unpaired) electrons. The number of nitrogens with one attached hydrogen (secondary N) is 2. The number of ether oxygens (including phenoxy) is 1. The molecule has 1 aliphatic heterocycles. The van der Waals surface area contributed by atoms with E-state index in [0.717, 1.165) is 0 Å². The van der Waals surface area contributed by atoms with Gasteiger partial charge in [-0.15, -0.1) is 0 Å². The molecule has 1 heterocycles. The molecule has 0 bridgehead atoms. The third kappa shape index (κ3) is 6.41. The topological polar surface area (TPSA) is 125 Å². The molecule has 34 heavy (non-hydrogen) atoms. The summed E-state index contributed by atoms with van der Waals surface area (Å²) in [6.07, 6.45) is -0.879. The van der Waals surface area contributed by atoms with E-state index in [-0.39, 0.29) is 36.0 Å². The summed E-state index contributed by atoms with van der Waals surface area (Å²) in [5.41, 5.74) is 0.809. The Balaban J connectivity index is 1.67. The number of carbonyl (C=O) groups excluding carboxylic acids is 2. The predicted molar refractivity (Wildman–Crippen MR) is 127 cm³/mol. The van der Waals surface area contributed by atoms with E-state index < -0.39 is 34.0 Å². The number of rotatable bonds is 9. The largest absolute Gasteiger partial charge is 0.387 e. The molecule has 0 aliphatic carbocycles. The van der Waals surface area contributed by atoms with Gasteiger partial charge in [-0.3, -0.25) is 9.59 Å². The van der Waals surface area contributed by atoms with Gasteiger partial charge in [-0.2, -0.15) is 4.31 Å². The van der Waals surface area contributed by atoms with Crippen molar-refractivity contribution in [3.05, 3.63) is 65.7 Å². The first-order valence-corrected chi connectivity index (χ1v) is 12.6. The normalized spacial score (nSPS) is 16.6. The van der Waals surface area contributed by atoms with E-state index >= 15 is 0 Å². The molecule has 0 spiro atoms. The molecule has 2 aromatic rings. The summed E-state index contributed by atoms with van der Waals surface area (Å²) in [5.74, 6) is -1.23. The molecule has 2 aromatic carbocycles. The van der Waals surface area contributed by atoms with Gasteiger partial charge in [0.05, 0.1) is 24.2 Å². The lowest BCUT2D eigenvalue weighted by molar-refractivity contribution is -0.124. The van der Waals surface area contributed by atoms with Gasteiger partial charge in [0.15, 0.2) is 0 Å². The number of hydrogen-bond donors (Lipinski definition) is 3. The van der Waals surface area contributed by atoms with Crippen LogP contribution in [0.3, 0.4) is 0 Å². The van der Waals surface area contributed by atoms with Crippen molar-refractivity contribution in [2.24, 2.45) is 5.92 Å². The van der Waals surface area contributed by atoms with Crippen LogP contribution >= 0.6 is 0 Å². The maximum atomic E-state index is 12.9. The molecule has 2 amide bonds. The average molecular weight is 490 g/mol. The predicted octanol–water partition coefficient (Wildman–Crippen LogP) is 1.31. The fourth-order valence-corrected chi connectivity index (χ4v) is 5.05. The molecule has 3 N–H and O–H groups in total. The average Bonchev–Trinajstić information content (AvgIpc) is 2.86. The maximum absolute atomic E-state index is 12.9. The molecule has 1 aliphatic rings. The molecular weight excluding hydrogens is 458 g/mol. The van der Waals surface area contributed by atoms with Gasteiger partial charge in [-0.25, -0.2) is 8.42 Å². The minimum atomic E-state index is -3.76. The van der Waals surface area contributed by atoms with Crippen LogP contribution in [0.25, 0.3) is 0 Å². The highest BCUT2D eigenvalue weighted by molar-refractivity contribution is 7.89. The van der Waals surface area contributed by atoms with Crippen molar-refractivity contribution >= 4 is 21.8 Å². The number of sulfonamides is 1. The molecule has 10 heteroatoms. The summed E-state index contributed by atoms with van der Waals surface area (Å²) in [6, 6.07) is 13.8. The molecule has 184 valence electrons. The van der Waals surface area contributed by atoms with E-state index in [2.05, 4.69) is 10.6 Å². The zero-order valence-electron chi connectivity index (χ0n) is 19.3. The van der Waals surface area contributed by atoms with Crippen molar-refractivity contribution in [3.63, 3.8) is 0 Å². The Labute approximate surface area is 200 Å². The van der Waals surface area contributed by atoms with Crippen LogP contribution in [0.2, 0.25) is 0 Å². The molecule has 1 unspecified atom stereocenters. The quantitative estimate of drug-likeness (QED) is 0.488. The monoisotopic (exact) mass is 489 g/mol. The van der Waals surface area contributed by atoms with E-state index in [1.165, 1.54) is 28.6 Å². The maximum Gasteiger partial charge on any atom is 0.251 e. The lowest BCUT2D eigenvalue weighted by atomic mass is 10.0. The van der Waals surface area contributed by atoms with Gasteiger partial charge < -0.3 is 20.5 Å². The van der Waals surface area contributed by atoms with Crippen molar-refractivity contribution in [2.45, 2.75) is 30.9 Å². The van der Waals surface area contributed by atoms with E-state index in [0.29, 0.717) is 18.8 Å². The molecule has 2 atom stereocenters. The summed E-state index contributed by atoms with van der Waals surface area (Å²) in [5, 5.41) is 15.7. The molecule has 0 saturated carbocycles. The Bertz CT molecular complexity index is 1080. The Morgan fingerprint density at radius 1 is 1.06 bits per heavy atom. The summed E-state index contributed by atoms with van der Waals surface area (Å²) < 4.78 is 32.4.